The lowest BCUT2D eigenvalue weighted by molar-refractivity contribution is -0.132. The molecule has 4 atom stereocenters. The first-order valence-corrected chi connectivity index (χ1v) is 3.18. The Hall–Kier alpha value is -0.490. The molecule has 0 aromatic heterocycles. The summed E-state index contributed by atoms with van der Waals surface area (Å²) in [5, 5.41) is 35.1. The molecule has 0 amide bonds. The van der Waals surface area contributed by atoms with Crippen LogP contribution in [0.3, 0.4) is 0 Å². The molecule has 4 N–H and O–H groups in total. The zero-order valence-electron chi connectivity index (χ0n) is 6.08. The molecule has 0 aromatic carbocycles. The summed E-state index contributed by atoms with van der Waals surface area (Å²) in [4.78, 5) is 9.87. The van der Waals surface area contributed by atoms with E-state index in [1.165, 1.54) is 6.92 Å². The summed E-state index contributed by atoms with van der Waals surface area (Å²) in [6.45, 7) is 1.24. The summed E-state index contributed by atoms with van der Waals surface area (Å²) in [5.74, 6) is 0. The van der Waals surface area contributed by atoms with E-state index >= 15 is 0 Å². The van der Waals surface area contributed by atoms with Gasteiger partial charge < -0.3 is 25.2 Å². The summed E-state index contributed by atoms with van der Waals surface area (Å²) in [5.41, 5.74) is 0. The summed E-state index contributed by atoms with van der Waals surface area (Å²) in [7, 11) is 0. The van der Waals surface area contributed by atoms with Crippen molar-refractivity contribution in [1.29, 1.82) is 0 Å². The van der Waals surface area contributed by atoms with Gasteiger partial charge in [0.05, 0.1) is 6.10 Å². The molecule has 1 unspecified atom stereocenters. The zero-order chi connectivity index (χ0) is 9.02. The molecule has 0 spiro atoms. The highest BCUT2D eigenvalue weighted by molar-refractivity contribution is 5.56. The molecule has 0 saturated carbocycles. The van der Waals surface area contributed by atoms with Gasteiger partial charge in [0.1, 0.15) is 18.3 Å². The highest BCUT2D eigenvalue weighted by atomic mass is 16.4. The summed E-state index contributed by atoms with van der Waals surface area (Å²) in [6, 6.07) is 0. The van der Waals surface area contributed by atoms with E-state index in [0.29, 0.717) is 0 Å². The van der Waals surface area contributed by atoms with Crippen LogP contribution in [0.25, 0.3) is 0 Å². The molecule has 0 saturated heterocycles. The second-order valence-electron chi connectivity index (χ2n) is 2.35. The van der Waals surface area contributed by atoms with E-state index in [4.69, 9.17) is 20.4 Å². The van der Waals surface area contributed by atoms with Gasteiger partial charge in [-0.25, -0.2) is 0 Å². The van der Waals surface area contributed by atoms with Crippen LogP contribution >= 0.6 is 0 Å². The number of aldehydes is 1. The Morgan fingerprint density at radius 3 is 1.82 bits per heavy atom. The van der Waals surface area contributed by atoms with Crippen LogP contribution in [0.5, 0.6) is 0 Å². The van der Waals surface area contributed by atoms with Crippen LogP contribution < -0.4 is 0 Å². The number of rotatable bonds is 4. The number of aliphatic hydroxyl groups excluding tert-OH is 4. The predicted molar refractivity (Wildman–Crippen MR) is 35.8 cm³/mol. The van der Waals surface area contributed by atoms with Crippen molar-refractivity contribution in [3.05, 3.63) is 0 Å². The van der Waals surface area contributed by atoms with Crippen LogP contribution in [0.15, 0.2) is 0 Å². The summed E-state index contributed by atoms with van der Waals surface area (Å²) in [6.07, 6.45) is -5.88. The standard InChI is InChI=1S/C6H12O5/c1-3(8)5(10)6(11)4(9)2-7/h2-6,8-11H,1H3/t3?,4-,5-,6-/m0/s1. The fourth-order valence-corrected chi connectivity index (χ4v) is 0.568. The Kier molecular flexibility index (Phi) is 4.20. The van der Waals surface area contributed by atoms with Crippen LogP contribution in [0.4, 0.5) is 0 Å². The zero-order valence-corrected chi connectivity index (χ0v) is 6.08. The molecule has 0 aliphatic carbocycles. The minimum atomic E-state index is -1.65. The number of carbonyl (C=O) groups is 1. The summed E-state index contributed by atoms with van der Waals surface area (Å²) < 4.78 is 0. The third-order valence-electron chi connectivity index (χ3n) is 1.33. The van der Waals surface area contributed by atoms with Crippen molar-refractivity contribution in [3.63, 3.8) is 0 Å². The first-order chi connectivity index (χ1) is 5.00. The second kappa shape index (κ2) is 4.40. The van der Waals surface area contributed by atoms with Gasteiger partial charge in [-0.15, -0.1) is 0 Å². The van der Waals surface area contributed by atoms with Gasteiger partial charge in [-0.1, -0.05) is 0 Å². The Labute approximate surface area is 63.9 Å². The molecule has 11 heavy (non-hydrogen) atoms. The fraction of sp³-hybridized carbons (Fsp3) is 0.833. The first-order valence-electron chi connectivity index (χ1n) is 3.18. The molecule has 5 heteroatoms. The normalized spacial score (nSPS) is 21.9. The molecular formula is C6H12O5. The van der Waals surface area contributed by atoms with E-state index in [1.807, 2.05) is 0 Å². The number of hydrogen-bond donors (Lipinski definition) is 4. The second-order valence-corrected chi connectivity index (χ2v) is 2.35. The lowest BCUT2D eigenvalue weighted by Gasteiger charge is -2.21. The van der Waals surface area contributed by atoms with E-state index in [2.05, 4.69) is 0 Å². The van der Waals surface area contributed by atoms with Gasteiger partial charge in [-0.3, -0.25) is 0 Å². The minimum absolute atomic E-state index is 0.0935. The van der Waals surface area contributed by atoms with Crippen molar-refractivity contribution in [2.45, 2.75) is 31.3 Å². The van der Waals surface area contributed by atoms with Crippen LogP contribution in [0.1, 0.15) is 6.92 Å². The van der Waals surface area contributed by atoms with Crippen molar-refractivity contribution >= 4 is 6.29 Å². The SMILES string of the molecule is CC(O)[C@H](O)[C@@H](O)[C@@H](O)C=O. The van der Waals surface area contributed by atoms with Crippen LogP contribution in [-0.2, 0) is 4.79 Å². The molecular weight excluding hydrogens is 152 g/mol. The van der Waals surface area contributed by atoms with Gasteiger partial charge in [0.15, 0.2) is 6.29 Å². The quantitative estimate of drug-likeness (QED) is 0.349. The lowest BCUT2D eigenvalue weighted by atomic mass is 10.1. The molecule has 0 bridgehead atoms. The molecule has 0 aromatic rings. The maximum absolute atomic E-state index is 9.87. The topological polar surface area (TPSA) is 98.0 Å². The Morgan fingerprint density at radius 1 is 1.09 bits per heavy atom. The molecule has 0 aliphatic rings. The Morgan fingerprint density at radius 2 is 1.55 bits per heavy atom. The van der Waals surface area contributed by atoms with E-state index < -0.39 is 24.4 Å². The smallest absolute Gasteiger partial charge is 0.151 e. The van der Waals surface area contributed by atoms with E-state index in [-0.39, 0.29) is 6.29 Å². The molecule has 0 aliphatic heterocycles. The molecule has 0 rings (SSSR count). The predicted octanol–water partition coefficient (Wildman–Crippen LogP) is -2.35. The highest BCUT2D eigenvalue weighted by Gasteiger charge is 2.27. The monoisotopic (exact) mass is 164 g/mol. The van der Waals surface area contributed by atoms with Crippen molar-refractivity contribution < 1.29 is 25.2 Å². The molecule has 66 valence electrons. The molecule has 0 fully saturated rings. The van der Waals surface area contributed by atoms with Gasteiger partial charge in [0, 0.05) is 0 Å². The Balaban J connectivity index is 4.00. The number of hydrogen-bond acceptors (Lipinski definition) is 5. The van der Waals surface area contributed by atoms with Crippen LogP contribution in [-0.4, -0.2) is 51.1 Å². The van der Waals surface area contributed by atoms with Crippen molar-refractivity contribution in [1.82, 2.24) is 0 Å². The average Bonchev–Trinajstić information content (AvgIpc) is 2.00. The number of aliphatic hydroxyl groups is 4. The van der Waals surface area contributed by atoms with Gasteiger partial charge in [0.2, 0.25) is 0 Å². The van der Waals surface area contributed by atoms with Crippen molar-refractivity contribution in [3.8, 4) is 0 Å². The van der Waals surface area contributed by atoms with Gasteiger partial charge >= 0.3 is 0 Å². The maximum atomic E-state index is 9.87. The van der Waals surface area contributed by atoms with Crippen LogP contribution in [0, 0.1) is 0 Å². The van der Waals surface area contributed by atoms with Crippen molar-refractivity contribution in [2.24, 2.45) is 0 Å². The van der Waals surface area contributed by atoms with E-state index in [0.717, 1.165) is 0 Å². The first kappa shape index (κ1) is 10.5. The highest BCUT2D eigenvalue weighted by Crippen LogP contribution is 2.02. The Bertz CT molecular complexity index is 124. The summed E-state index contributed by atoms with van der Waals surface area (Å²) >= 11 is 0. The molecule has 5 nitrogen and oxygen atoms in total. The van der Waals surface area contributed by atoms with E-state index in [1.54, 1.807) is 0 Å². The van der Waals surface area contributed by atoms with Crippen LogP contribution in [0.2, 0.25) is 0 Å². The molecule has 0 heterocycles. The lowest BCUT2D eigenvalue weighted by Crippen LogP contribution is -2.43. The molecule has 0 radical (unpaired) electrons. The van der Waals surface area contributed by atoms with E-state index in [9.17, 15) is 4.79 Å². The third kappa shape index (κ3) is 2.94. The number of carbonyl (C=O) groups excluding carboxylic acids is 1. The fourth-order valence-electron chi connectivity index (χ4n) is 0.568. The third-order valence-corrected chi connectivity index (χ3v) is 1.33. The van der Waals surface area contributed by atoms with Gasteiger partial charge in [0.25, 0.3) is 0 Å². The van der Waals surface area contributed by atoms with Gasteiger partial charge in [-0.05, 0) is 6.92 Å². The van der Waals surface area contributed by atoms with Crippen molar-refractivity contribution in [2.75, 3.05) is 0 Å². The largest absolute Gasteiger partial charge is 0.391 e. The average molecular weight is 164 g/mol. The minimum Gasteiger partial charge on any atom is -0.391 e. The van der Waals surface area contributed by atoms with Gasteiger partial charge in [-0.2, -0.15) is 0 Å². The maximum Gasteiger partial charge on any atom is 0.151 e.